The fourth-order valence-corrected chi connectivity index (χ4v) is 3.98. The number of Topliss-reactive ketones (excluding diaryl/α,β-unsaturated/α-hetero) is 1. The third kappa shape index (κ3) is 2.87. The van der Waals surface area contributed by atoms with Crippen LogP contribution in [0.2, 0.25) is 0 Å². The van der Waals surface area contributed by atoms with Crippen molar-refractivity contribution in [2.45, 2.75) is 25.1 Å². The minimum absolute atomic E-state index is 0.000392. The molecule has 2 aromatic rings. The lowest BCUT2D eigenvalue weighted by molar-refractivity contribution is 0.0215. The van der Waals surface area contributed by atoms with Gasteiger partial charge in [0.15, 0.2) is 5.78 Å². The Bertz CT molecular complexity index is 731. The van der Waals surface area contributed by atoms with Gasteiger partial charge in [0, 0.05) is 29.0 Å². The standard InChI is InChI=1S/C19H18BrNO2/c20-15-6-7-17-14(10-15)8-9-21-16(12-23-19(17)21)11-18(22)13-4-2-1-3-5-13/h1-7,10,16,19H,8-9,11-12H2. The number of ether oxygens (including phenoxy) is 1. The summed E-state index contributed by atoms with van der Waals surface area (Å²) in [6.45, 7) is 1.57. The minimum atomic E-state index is 0.000392. The molecule has 23 heavy (non-hydrogen) atoms. The molecule has 0 saturated carbocycles. The molecule has 0 aliphatic carbocycles. The molecule has 3 nitrogen and oxygen atoms in total. The molecule has 2 atom stereocenters. The zero-order valence-corrected chi connectivity index (χ0v) is 14.3. The summed E-state index contributed by atoms with van der Waals surface area (Å²) in [5.74, 6) is 0.196. The number of hydrogen-bond donors (Lipinski definition) is 0. The maximum atomic E-state index is 12.5. The first-order chi connectivity index (χ1) is 11.2. The molecule has 0 aromatic heterocycles. The van der Waals surface area contributed by atoms with Crippen molar-refractivity contribution in [3.8, 4) is 0 Å². The molecule has 1 fully saturated rings. The van der Waals surface area contributed by atoms with Crippen LogP contribution >= 0.6 is 15.9 Å². The zero-order valence-electron chi connectivity index (χ0n) is 12.7. The molecule has 118 valence electrons. The summed E-state index contributed by atoms with van der Waals surface area (Å²) in [7, 11) is 0. The number of fused-ring (bicyclic) bond motifs is 3. The quantitative estimate of drug-likeness (QED) is 0.764. The highest BCUT2D eigenvalue weighted by Crippen LogP contribution is 2.38. The topological polar surface area (TPSA) is 29.5 Å². The summed E-state index contributed by atoms with van der Waals surface area (Å²) in [6.07, 6.45) is 1.53. The number of carbonyl (C=O) groups excluding carboxylic acids is 1. The van der Waals surface area contributed by atoms with Gasteiger partial charge in [0.1, 0.15) is 6.23 Å². The van der Waals surface area contributed by atoms with Crippen molar-refractivity contribution in [1.29, 1.82) is 0 Å². The van der Waals surface area contributed by atoms with E-state index in [9.17, 15) is 4.79 Å². The van der Waals surface area contributed by atoms with Crippen LogP contribution in [0.4, 0.5) is 0 Å². The summed E-state index contributed by atoms with van der Waals surface area (Å²) in [6, 6.07) is 16.1. The van der Waals surface area contributed by atoms with Gasteiger partial charge in [-0.2, -0.15) is 0 Å². The van der Waals surface area contributed by atoms with E-state index in [0.717, 1.165) is 23.0 Å². The molecule has 2 unspecified atom stereocenters. The average Bonchev–Trinajstić information content (AvgIpc) is 2.98. The van der Waals surface area contributed by atoms with E-state index in [2.05, 4.69) is 39.0 Å². The maximum absolute atomic E-state index is 12.5. The molecule has 1 saturated heterocycles. The van der Waals surface area contributed by atoms with E-state index < -0.39 is 0 Å². The number of hydrogen-bond acceptors (Lipinski definition) is 3. The highest BCUT2D eigenvalue weighted by molar-refractivity contribution is 9.10. The Morgan fingerprint density at radius 1 is 1.22 bits per heavy atom. The Morgan fingerprint density at radius 3 is 2.87 bits per heavy atom. The monoisotopic (exact) mass is 371 g/mol. The van der Waals surface area contributed by atoms with Crippen LogP contribution in [0, 0.1) is 0 Å². The number of carbonyl (C=O) groups is 1. The predicted molar refractivity (Wildman–Crippen MR) is 92.4 cm³/mol. The van der Waals surface area contributed by atoms with Crippen molar-refractivity contribution in [2.75, 3.05) is 13.2 Å². The van der Waals surface area contributed by atoms with E-state index in [0.29, 0.717) is 13.0 Å². The van der Waals surface area contributed by atoms with Crippen molar-refractivity contribution in [2.24, 2.45) is 0 Å². The Morgan fingerprint density at radius 2 is 2.04 bits per heavy atom. The van der Waals surface area contributed by atoms with Crippen LogP contribution in [0.15, 0.2) is 53.0 Å². The predicted octanol–water partition coefficient (Wildman–Crippen LogP) is 3.98. The van der Waals surface area contributed by atoms with Gasteiger partial charge in [-0.15, -0.1) is 0 Å². The number of nitrogens with zero attached hydrogens (tertiary/aromatic N) is 1. The Balaban J connectivity index is 1.52. The molecular formula is C19H18BrNO2. The van der Waals surface area contributed by atoms with Crippen molar-refractivity contribution < 1.29 is 9.53 Å². The number of ketones is 1. The molecule has 0 N–H and O–H groups in total. The van der Waals surface area contributed by atoms with Crippen molar-refractivity contribution in [3.05, 3.63) is 69.7 Å². The van der Waals surface area contributed by atoms with E-state index in [4.69, 9.17) is 4.74 Å². The Labute approximate surface area is 144 Å². The van der Waals surface area contributed by atoms with Crippen LogP contribution in [0.5, 0.6) is 0 Å². The summed E-state index contributed by atoms with van der Waals surface area (Å²) in [4.78, 5) is 14.8. The summed E-state index contributed by atoms with van der Waals surface area (Å²) >= 11 is 3.53. The smallest absolute Gasteiger partial charge is 0.164 e. The highest BCUT2D eigenvalue weighted by atomic mass is 79.9. The van der Waals surface area contributed by atoms with Gasteiger partial charge in [-0.3, -0.25) is 9.69 Å². The largest absolute Gasteiger partial charge is 0.357 e. The number of benzene rings is 2. The van der Waals surface area contributed by atoms with Gasteiger partial charge in [-0.05, 0) is 29.7 Å². The third-order valence-electron chi connectivity index (χ3n) is 4.74. The molecule has 4 rings (SSSR count). The first-order valence-electron chi connectivity index (χ1n) is 7.96. The Kier molecular flexibility index (Phi) is 4.05. The van der Waals surface area contributed by atoms with E-state index in [1.54, 1.807) is 0 Å². The van der Waals surface area contributed by atoms with Gasteiger partial charge >= 0.3 is 0 Å². The van der Waals surface area contributed by atoms with E-state index in [1.807, 2.05) is 30.3 Å². The first kappa shape index (κ1) is 15.1. The molecule has 0 bridgehead atoms. The zero-order chi connectivity index (χ0) is 15.8. The van der Waals surface area contributed by atoms with E-state index in [1.165, 1.54) is 11.1 Å². The van der Waals surface area contributed by atoms with Crippen LogP contribution in [0.1, 0.15) is 34.1 Å². The fraction of sp³-hybridized carbons (Fsp3) is 0.316. The average molecular weight is 372 g/mol. The second-order valence-electron chi connectivity index (χ2n) is 6.16. The van der Waals surface area contributed by atoms with Crippen LogP contribution in [-0.2, 0) is 11.2 Å². The van der Waals surface area contributed by atoms with Crippen LogP contribution in [0.25, 0.3) is 0 Å². The summed E-state index contributed by atoms with van der Waals surface area (Å²) in [5.41, 5.74) is 3.38. The normalized spacial score (nSPS) is 23.3. The third-order valence-corrected chi connectivity index (χ3v) is 5.24. The van der Waals surface area contributed by atoms with Crippen molar-refractivity contribution in [1.82, 2.24) is 4.90 Å². The molecule has 2 aromatic carbocycles. The lowest BCUT2D eigenvalue weighted by atomic mass is 9.96. The van der Waals surface area contributed by atoms with Crippen LogP contribution in [-0.4, -0.2) is 29.9 Å². The lowest BCUT2D eigenvalue weighted by Crippen LogP contribution is -2.39. The van der Waals surface area contributed by atoms with Crippen molar-refractivity contribution in [3.63, 3.8) is 0 Å². The van der Waals surface area contributed by atoms with Gasteiger partial charge in [0.2, 0.25) is 0 Å². The number of halogens is 1. The maximum Gasteiger partial charge on any atom is 0.164 e. The van der Waals surface area contributed by atoms with Gasteiger partial charge < -0.3 is 4.74 Å². The van der Waals surface area contributed by atoms with Crippen molar-refractivity contribution >= 4 is 21.7 Å². The molecule has 4 heteroatoms. The van der Waals surface area contributed by atoms with E-state index >= 15 is 0 Å². The molecule has 0 amide bonds. The minimum Gasteiger partial charge on any atom is -0.357 e. The SMILES string of the molecule is O=C(CC1COC2c3ccc(Br)cc3CCN12)c1ccccc1. The molecular weight excluding hydrogens is 354 g/mol. The lowest BCUT2D eigenvalue weighted by Gasteiger charge is -2.33. The van der Waals surface area contributed by atoms with Gasteiger partial charge in [0.25, 0.3) is 0 Å². The summed E-state index contributed by atoms with van der Waals surface area (Å²) in [5, 5.41) is 0. The second-order valence-corrected chi connectivity index (χ2v) is 7.08. The Hall–Kier alpha value is -1.49. The molecule has 2 aliphatic heterocycles. The second kappa shape index (κ2) is 6.19. The van der Waals surface area contributed by atoms with Crippen LogP contribution < -0.4 is 0 Å². The molecule has 2 heterocycles. The summed E-state index contributed by atoms with van der Waals surface area (Å²) < 4.78 is 7.14. The van der Waals surface area contributed by atoms with Gasteiger partial charge in [-0.25, -0.2) is 0 Å². The fourth-order valence-electron chi connectivity index (χ4n) is 3.57. The van der Waals surface area contributed by atoms with E-state index in [-0.39, 0.29) is 18.1 Å². The number of rotatable bonds is 3. The highest BCUT2D eigenvalue weighted by Gasteiger charge is 2.39. The molecule has 2 aliphatic rings. The molecule has 0 radical (unpaired) electrons. The van der Waals surface area contributed by atoms with Gasteiger partial charge in [-0.1, -0.05) is 52.3 Å². The first-order valence-corrected chi connectivity index (χ1v) is 8.75. The van der Waals surface area contributed by atoms with Crippen LogP contribution in [0.3, 0.4) is 0 Å². The van der Waals surface area contributed by atoms with Gasteiger partial charge in [0.05, 0.1) is 6.61 Å². The molecule has 0 spiro atoms.